The van der Waals surface area contributed by atoms with Gasteiger partial charge in [0.1, 0.15) is 10.6 Å². The molecule has 0 aliphatic heterocycles. The van der Waals surface area contributed by atoms with Crippen LogP contribution in [0.2, 0.25) is 5.02 Å². The van der Waals surface area contributed by atoms with Gasteiger partial charge in [-0.1, -0.05) is 60.1 Å². The first-order chi connectivity index (χ1) is 18.5. The lowest BCUT2D eigenvalue weighted by Crippen LogP contribution is -2.44. The molecule has 0 saturated heterocycles. The number of carbonyl (C=O) groups excluding carboxylic acids is 1. The fourth-order valence-electron chi connectivity index (χ4n) is 5.39. The summed E-state index contributed by atoms with van der Waals surface area (Å²) in [4.78, 5) is 16.8. The number of halogens is 1. The van der Waals surface area contributed by atoms with Gasteiger partial charge in [-0.3, -0.25) is 4.79 Å². The Labute approximate surface area is 233 Å². The third kappa shape index (κ3) is 5.45. The van der Waals surface area contributed by atoms with Crippen molar-refractivity contribution in [3.8, 4) is 16.9 Å². The van der Waals surface area contributed by atoms with E-state index >= 15 is 0 Å². The van der Waals surface area contributed by atoms with Crippen molar-refractivity contribution < 1.29 is 14.6 Å². The van der Waals surface area contributed by atoms with Gasteiger partial charge in [-0.25, -0.2) is 0 Å². The van der Waals surface area contributed by atoms with Gasteiger partial charge in [-0.05, 0) is 67.6 Å². The van der Waals surface area contributed by atoms with Crippen LogP contribution in [0.15, 0.2) is 66.7 Å². The summed E-state index contributed by atoms with van der Waals surface area (Å²) in [5, 5.41) is 14.3. The number of ether oxygens (including phenoxy) is 1. The van der Waals surface area contributed by atoms with Gasteiger partial charge in [0.05, 0.1) is 18.7 Å². The molecule has 1 fully saturated rings. The number of methoxy groups -OCH3 is 1. The minimum absolute atomic E-state index is 0.0152. The van der Waals surface area contributed by atoms with Gasteiger partial charge < -0.3 is 20.1 Å². The van der Waals surface area contributed by atoms with Crippen molar-refractivity contribution in [3.05, 3.63) is 87.8 Å². The monoisotopic (exact) mass is 548 g/mol. The van der Waals surface area contributed by atoms with Crippen LogP contribution in [-0.4, -0.2) is 42.2 Å². The van der Waals surface area contributed by atoms with Gasteiger partial charge in [0.2, 0.25) is 0 Å². The van der Waals surface area contributed by atoms with Crippen molar-refractivity contribution in [2.24, 2.45) is 0 Å². The molecule has 5 rings (SSSR count). The van der Waals surface area contributed by atoms with E-state index in [1.165, 1.54) is 11.3 Å². The molecule has 38 heavy (non-hydrogen) atoms. The summed E-state index contributed by atoms with van der Waals surface area (Å²) in [5.74, 6) is 0.730. The number of nitrogens with zero attached hydrogens (tertiary/aromatic N) is 1. The second-order valence-electron chi connectivity index (χ2n) is 9.85. The number of fused-ring (bicyclic) bond motifs is 1. The van der Waals surface area contributed by atoms with Crippen molar-refractivity contribution >= 4 is 38.9 Å². The van der Waals surface area contributed by atoms with Crippen LogP contribution in [0.4, 0.5) is 0 Å². The summed E-state index contributed by atoms with van der Waals surface area (Å²) in [6, 6.07) is 22.5. The number of benzene rings is 3. The number of nitrogens with one attached hydrogen (secondary N) is 1. The molecule has 0 atom stereocenters. The number of aliphatic hydroxyl groups is 1. The number of rotatable bonds is 8. The van der Waals surface area contributed by atoms with Crippen LogP contribution in [0.25, 0.3) is 21.2 Å². The van der Waals surface area contributed by atoms with Crippen molar-refractivity contribution in [2.45, 2.75) is 50.9 Å². The fourth-order valence-corrected chi connectivity index (χ4v) is 6.86. The highest BCUT2D eigenvalue weighted by Crippen LogP contribution is 2.38. The smallest absolute Gasteiger partial charge is 0.266 e. The maximum Gasteiger partial charge on any atom is 0.266 e. The van der Waals surface area contributed by atoms with Crippen LogP contribution in [0, 0.1) is 0 Å². The molecule has 0 bridgehead atoms. The van der Waals surface area contributed by atoms with E-state index in [1.807, 2.05) is 72.6 Å². The fraction of sp³-hybridized carbons (Fsp3) is 0.323. The van der Waals surface area contributed by atoms with Gasteiger partial charge in [0.15, 0.2) is 0 Å². The third-order valence-corrected chi connectivity index (χ3v) is 9.29. The van der Waals surface area contributed by atoms with Gasteiger partial charge >= 0.3 is 0 Å². The topological polar surface area (TPSA) is 61.8 Å². The lowest BCUT2D eigenvalue weighted by Gasteiger charge is -2.37. The molecule has 3 aromatic carbocycles. The molecule has 198 valence electrons. The molecule has 5 nitrogen and oxygen atoms in total. The molecule has 1 aliphatic rings. The van der Waals surface area contributed by atoms with E-state index in [-0.39, 0.29) is 18.6 Å². The zero-order chi connectivity index (χ0) is 26.6. The van der Waals surface area contributed by atoms with E-state index in [0.29, 0.717) is 22.5 Å². The first-order valence-corrected chi connectivity index (χ1v) is 14.2. The summed E-state index contributed by atoms with van der Waals surface area (Å²) >= 11 is 8.25. The largest absolute Gasteiger partial charge is 0.496 e. The quantitative estimate of drug-likeness (QED) is 0.251. The number of amides is 1. The standard InChI is InChI=1S/C31H33ClN2O3S/c1-33-24-12-14-25(15-13-24)34(31(36)30-29(32)26-5-3-4-6-28(26)38-30)18-23-17-22(11-16-27(23)37-2)21-9-7-20(19-35)8-10-21/h3-11,16-17,24-25,33,35H,12-15,18-19H2,1-2H3/t24-,25+. The molecule has 1 saturated carbocycles. The van der Waals surface area contributed by atoms with Crippen molar-refractivity contribution in [1.82, 2.24) is 10.2 Å². The van der Waals surface area contributed by atoms with Crippen molar-refractivity contribution in [3.63, 3.8) is 0 Å². The Hall–Kier alpha value is -2.90. The molecule has 1 amide bonds. The second-order valence-corrected chi connectivity index (χ2v) is 11.3. The maximum atomic E-state index is 14.2. The summed E-state index contributed by atoms with van der Waals surface area (Å²) in [7, 11) is 3.68. The summed E-state index contributed by atoms with van der Waals surface area (Å²) < 4.78 is 6.77. The molecule has 7 heteroatoms. The van der Waals surface area contributed by atoms with Crippen LogP contribution in [0.1, 0.15) is 46.5 Å². The first kappa shape index (κ1) is 26.7. The average molecular weight is 549 g/mol. The third-order valence-electron chi connectivity index (χ3n) is 7.63. The van der Waals surface area contributed by atoms with Crippen LogP contribution in [0.3, 0.4) is 0 Å². The molecule has 1 aromatic heterocycles. The minimum atomic E-state index is -0.0242. The van der Waals surface area contributed by atoms with E-state index in [0.717, 1.165) is 63.8 Å². The van der Waals surface area contributed by atoms with Gasteiger partial charge in [-0.2, -0.15) is 0 Å². The van der Waals surface area contributed by atoms with Gasteiger partial charge in [0.25, 0.3) is 5.91 Å². The molecular formula is C31H33ClN2O3S. The summed E-state index contributed by atoms with van der Waals surface area (Å²) in [6.45, 7) is 0.450. The molecule has 4 aromatic rings. The van der Waals surface area contributed by atoms with Crippen LogP contribution >= 0.6 is 22.9 Å². The Bertz CT molecular complexity index is 1410. The predicted octanol–water partition coefficient (Wildman–Crippen LogP) is 6.90. The minimum Gasteiger partial charge on any atom is -0.496 e. The van der Waals surface area contributed by atoms with Crippen LogP contribution in [0.5, 0.6) is 5.75 Å². The van der Waals surface area contributed by atoms with Crippen LogP contribution in [-0.2, 0) is 13.2 Å². The molecule has 1 heterocycles. The molecule has 0 radical (unpaired) electrons. The lowest BCUT2D eigenvalue weighted by molar-refractivity contribution is 0.0604. The zero-order valence-corrected chi connectivity index (χ0v) is 23.3. The van der Waals surface area contributed by atoms with Crippen molar-refractivity contribution in [2.75, 3.05) is 14.2 Å². The number of carbonyl (C=O) groups is 1. The number of thiophene rings is 1. The van der Waals surface area contributed by atoms with E-state index in [1.54, 1.807) is 7.11 Å². The second kappa shape index (κ2) is 11.9. The Balaban J connectivity index is 1.51. The Morgan fingerprint density at radius 3 is 2.42 bits per heavy atom. The highest BCUT2D eigenvalue weighted by molar-refractivity contribution is 7.21. The van der Waals surface area contributed by atoms with Crippen LogP contribution < -0.4 is 10.1 Å². The summed E-state index contributed by atoms with van der Waals surface area (Å²) in [5.41, 5.74) is 3.91. The number of aliphatic hydroxyl groups excluding tert-OH is 1. The SMILES string of the molecule is CN[C@H]1CC[C@@H](N(Cc2cc(-c3ccc(CO)cc3)ccc2OC)C(=O)c2sc3ccccc3c2Cl)CC1. The number of hydrogen-bond donors (Lipinski definition) is 2. The maximum absolute atomic E-state index is 14.2. The normalized spacial score (nSPS) is 17.5. The highest BCUT2D eigenvalue weighted by atomic mass is 35.5. The molecular weight excluding hydrogens is 516 g/mol. The zero-order valence-electron chi connectivity index (χ0n) is 21.7. The molecule has 0 spiro atoms. The highest BCUT2D eigenvalue weighted by Gasteiger charge is 2.32. The summed E-state index contributed by atoms with van der Waals surface area (Å²) in [6.07, 6.45) is 3.92. The molecule has 1 aliphatic carbocycles. The van der Waals surface area contributed by atoms with Crippen molar-refractivity contribution in [1.29, 1.82) is 0 Å². The molecule has 0 unspecified atom stereocenters. The lowest BCUT2D eigenvalue weighted by atomic mass is 9.89. The first-order valence-electron chi connectivity index (χ1n) is 13.0. The number of hydrogen-bond acceptors (Lipinski definition) is 5. The average Bonchev–Trinajstić information content (AvgIpc) is 3.32. The van der Waals surface area contributed by atoms with E-state index in [9.17, 15) is 9.90 Å². The predicted molar refractivity (Wildman–Crippen MR) is 156 cm³/mol. The Kier molecular flexibility index (Phi) is 8.34. The van der Waals surface area contributed by atoms with Gasteiger partial charge in [0, 0.05) is 34.3 Å². The Morgan fingerprint density at radius 1 is 1.05 bits per heavy atom. The van der Waals surface area contributed by atoms with E-state index in [4.69, 9.17) is 16.3 Å². The Morgan fingerprint density at radius 2 is 1.76 bits per heavy atom. The van der Waals surface area contributed by atoms with E-state index < -0.39 is 0 Å². The molecule has 2 N–H and O–H groups in total. The van der Waals surface area contributed by atoms with E-state index in [2.05, 4.69) is 11.4 Å². The van der Waals surface area contributed by atoms with Gasteiger partial charge in [-0.15, -0.1) is 11.3 Å².